The maximum absolute atomic E-state index is 11.6. The van der Waals surface area contributed by atoms with E-state index in [1.165, 1.54) is 11.8 Å². The van der Waals surface area contributed by atoms with Gasteiger partial charge < -0.3 is 15.7 Å². The number of hydrogen-bond acceptors (Lipinski definition) is 4. The fourth-order valence-electron chi connectivity index (χ4n) is 1.31. The van der Waals surface area contributed by atoms with Crippen LogP contribution >= 0.6 is 11.8 Å². The van der Waals surface area contributed by atoms with Gasteiger partial charge in [-0.3, -0.25) is 14.4 Å². The Morgan fingerprint density at radius 3 is 2.35 bits per heavy atom. The summed E-state index contributed by atoms with van der Waals surface area (Å²) in [4.78, 5) is 33.1. The van der Waals surface area contributed by atoms with Crippen molar-refractivity contribution in [2.24, 2.45) is 0 Å². The molecular formula is C13H16N2O4S. The lowest BCUT2D eigenvalue weighted by Crippen LogP contribution is -2.28. The number of anilines is 1. The fraction of sp³-hybridized carbons (Fsp3) is 0.308. The number of thioether (sulfide) groups is 1. The van der Waals surface area contributed by atoms with Crippen LogP contribution in [0.3, 0.4) is 0 Å². The summed E-state index contributed by atoms with van der Waals surface area (Å²) in [6.07, 6.45) is -0.106. The van der Waals surface area contributed by atoms with Gasteiger partial charge in [0.1, 0.15) is 0 Å². The van der Waals surface area contributed by atoms with Crippen molar-refractivity contribution in [2.45, 2.75) is 6.42 Å². The van der Waals surface area contributed by atoms with E-state index in [0.717, 1.165) is 0 Å². The van der Waals surface area contributed by atoms with E-state index in [-0.39, 0.29) is 36.3 Å². The number of carbonyl (C=O) groups is 3. The van der Waals surface area contributed by atoms with Gasteiger partial charge in [0.15, 0.2) is 0 Å². The lowest BCUT2D eigenvalue weighted by Gasteiger charge is -2.05. The van der Waals surface area contributed by atoms with Gasteiger partial charge in [-0.25, -0.2) is 0 Å². The molecule has 0 saturated carbocycles. The van der Waals surface area contributed by atoms with Crippen LogP contribution in [0.4, 0.5) is 5.69 Å². The van der Waals surface area contributed by atoms with Crippen LogP contribution in [0, 0.1) is 0 Å². The van der Waals surface area contributed by atoms with Crippen molar-refractivity contribution in [2.75, 3.05) is 23.4 Å². The van der Waals surface area contributed by atoms with Crippen LogP contribution in [-0.4, -0.2) is 40.9 Å². The topological polar surface area (TPSA) is 95.5 Å². The SMILES string of the molecule is O=C(O)CCNC(=O)CSCC(=O)Nc1ccccc1. The van der Waals surface area contributed by atoms with Gasteiger partial charge in [0, 0.05) is 12.2 Å². The Balaban J connectivity index is 2.12. The predicted molar refractivity (Wildman–Crippen MR) is 77.7 cm³/mol. The molecule has 108 valence electrons. The molecule has 0 atom stereocenters. The molecule has 7 heteroatoms. The molecule has 0 fully saturated rings. The minimum atomic E-state index is -0.958. The number of aliphatic carboxylic acids is 1. The average molecular weight is 296 g/mol. The lowest BCUT2D eigenvalue weighted by molar-refractivity contribution is -0.136. The van der Waals surface area contributed by atoms with Crippen molar-refractivity contribution >= 4 is 35.2 Å². The minimum Gasteiger partial charge on any atom is -0.481 e. The monoisotopic (exact) mass is 296 g/mol. The van der Waals surface area contributed by atoms with E-state index in [0.29, 0.717) is 5.69 Å². The first-order valence-electron chi connectivity index (χ1n) is 5.99. The molecule has 0 radical (unpaired) electrons. The van der Waals surface area contributed by atoms with Crippen LogP contribution in [0.15, 0.2) is 30.3 Å². The Morgan fingerprint density at radius 1 is 1.05 bits per heavy atom. The zero-order valence-electron chi connectivity index (χ0n) is 10.8. The van der Waals surface area contributed by atoms with Crippen LogP contribution in [0.25, 0.3) is 0 Å². The zero-order valence-corrected chi connectivity index (χ0v) is 11.6. The number of amides is 2. The normalized spacial score (nSPS) is 9.80. The van der Waals surface area contributed by atoms with Crippen molar-refractivity contribution < 1.29 is 19.5 Å². The summed E-state index contributed by atoms with van der Waals surface area (Å²) < 4.78 is 0. The van der Waals surface area contributed by atoms with Gasteiger partial charge in [-0.1, -0.05) is 18.2 Å². The molecule has 0 aliphatic rings. The second kappa shape index (κ2) is 8.98. The van der Waals surface area contributed by atoms with E-state index in [2.05, 4.69) is 10.6 Å². The van der Waals surface area contributed by atoms with Crippen LogP contribution < -0.4 is 10.6 Å². The van der Waals surface area contributed by atoms with E-state index in [4.69, 9.17) is 5.11 Å². The van der Waals surface area contributed by atoms with Crippen LogP contribution in [-0.2, 0) is 14.4 Å². The molecule has 0 spiro atoms. The number of carbonyl (C=O) groups excluding carboxylic acids is 2. The maximum Gasteiger partial charge on any atom is 0.305 e. The first-order chi connectivity index (χ1) is 9.58. The molecule has 0 bridgehead atoms. The molecule has 20 heavy (non-hydrogen) atoms. The lowest BCUT2D eigenvalue weighted by atomic mass is 10.3. The third-order valence-corrected chi connectivity index (χ3v) is 3.12. The summed E-state index contributed by atoms with van der Waals surface area (Å²) in [5.74, 6) is -1.12. The second-order valence-electron chi connectivity index (χ2n) is 3.90. The summed E-state index contributed by atoms with van der Waals surface area (Å²) in [5.41, 5.74) is 0.712. The number of nitrogens with one attached hydrogen (secondary N) is 2. The zero-order chi connectivity index (χ0) is 14.8. The molecule has 0 aromatic heterocycles. The number of rotatable bonds is 8. The average Bonchev–Trinajstić information content (AvgIpc) is 2.39. The summed E-state index contributed by atoms with van der Waals surface area (Å²) >= 11 is 1.18. The molecule has 0 saturated heterocycles. The van der Waals surface area contributed by atoms with Crippen LogP contribution in [0.5, 0.6) is 0 Å². The van der Waals surface area contributed by atoms with E-state index < -0.39 is 5.97 Å². The fourth-order valence-corrected chi connectivity index (χ4v) is 1.96. The Morgan fingerprint density at radius 2 is 1.70 bits per heavy atom. The van der Waals surface area contributed by atoms with Gasteiger partial charge in [-0.2, -0.15) is 0 Å². The van der Waals surface area contributed by atoms with Crippen molar-refractivity contribution in [3.8, 4) is 0 Å². The van der Waals surface area contributed by atoms with Gasteiger partial charge in [-0.15, -0.1) is 11.8 Å². The molecule has 2 amide bonds. The van der Waals surface area contributed by atoms with E-state index in [9.17, 15) is 14.4 Å². The molecular weight excluding hydrogens is 280 g/mol. The van der Waals surface area contributed by atoms with Crippen molar-refractivity contribution in [1.29, 1.82) is 0 Å². The van der Waals surface area contributed by atoms with E-state index in [1.54, 1.807) is 12.1 Å². The Hall–Kier alpha value is -2.02. The number of para-hydroxylation sites is 1. The molecule has 1 aromatic rings. The van der Waals surface area contributed by atoms with Crippen LogP contribution in [0.2, 0.25) is 0 Å². The van der Waals surface area contributed by atoms with Gasteiger partial charge in [0.2, 0.25) is 11.8 Å². The number of hydrogen-bond donors (Lipinski definition) is 3. The standard InChI is InChI=1S/C13H16N2O4S/c16-11(14-7-6-13(18)19)8-20-9-12(17)15-10-4-2-1-3-5-10/h1-5H,6-9H2,(H,14,16)(H,15,17)(H,18,19). The molecule has 0 aliphatic carbocycles. The van der Waals surface area contributed by atoms with Crippen molar-refractivity contribution in [3.05, 3.63) is 30.3 Å². The molecule has 1 rings (SSSR count). The molecule has 1 aromatic carbocycles. The Labute approximate surface area is 120 Å². The summed E-state index contributed by atoms with van der Waals surface area (Å²) in [6, 6.07) is 9.05. The van der Waals surface area contributed by atoms with Gasteiger partial charge >= 0.3 is 5.97 Å². The summed E-state index contributed by atoms with van der Waals surface area (Å²) in [7, 11) is 0. The summed E-state index contributed by atoms with van der Waals surface area (Å²) in [5, 5.41) is 13.6. The highest BCUT2D eigenvalue weighted by atomic mass is 32.2. The molecule has 0 unspecified atom stereocenters. The van der Waals surface area contributed by atoms with E-state index >= 15 is 0 Å². The highest BCUT2D eigenvalue weighted by Crippen LogP contribution is 2.06. The predicted octanol–water partition coefficient (Wildman–Crippen LogP) is 0.949. The quantitative estimate of drug-likeness (QED) is 0.664. The van der Waals surface area contributed by atoms with Gasteiger partial charge in [0.05, 0.1) is 17.9 Å². The van der Waals surface area contributed by atoms with Gasteiger partial charge in [-0.05, 0) is 12.1 Å². The first-order valence-corrected chi connectivity index (χ1v) is 7.14. The molecule has 0 aliphatic heterocycles. The highest BCUT2D eigenvalue weighted by Gasteiger charge is 2.06. The van der Waals surface area contributed by atoms with Crippen LogP contribution in [0.1, 0.15) is 6.42 Å². The Kier molecular flexibility index (Phi) is 7.20. The molecule has 3 N–H and O–H groups in total. The third-order valence-electron chi connectivity index (χ3n) is 2.18. The smallest absolute Gasteiger partial charge is 0.305 e. The Bertz CT molecular complexity index is 465. The van der Waals surface area contributed by atoms with Crippen molar-refractivity contribution in [1.82, 2.24) is 5.32 Å². The second-order valence-corrected chi connectivity index (χ2v) is 4.89. The minimum absolute atomic E-state index is 0.102. The van der Waals surface area contributed by atoms with E-state index in [1.807, 2.05) is 18.2 Å². The number of benzene rings is 1. The largest absolute Gasteiger partial charge is 0.481 e. The maximum atomic E-state index is 11.6. The van der Waals surface area contributed by atoms with Gasteiger partial charge in [0.25, 0.3) is 0 Å². The number of carboxylic acid groups (broad SMARTS) is 1. The van der Waals surface area contributed by atoms with Crippen molar-refractivity contribution in [3.63, 3.8) is 0 Å². The first kappa shape index (κ1) is 16.0. The third kappa shape index (κ3) is 7.42. The summed E-state index contributed by atoms with van der Waals surface area (Å²) in [6.45, 7) is 0.102. The molecule has 6 nitrogen and oxygen atoms in total. The highest BCUT2D eigenvalue weighted by molar-refractivity contribution is 8.00. The number of carboxylic acids is 1. The molecule has 0 heterocycles.